The number of aryl methyl sites for hydroxylation is 3. The first-order chi connectivity index (χ1) is 63.2. The Morgan fingerprint density at radius 1 is 0.481 bits per heavy atom. The summed E-state index contributed by atoms with van der Waals surface area (Å²) in [7, 11) is 1.44. The molecular weight excluding hydrogens is 1790 g/mol. The molecule has 6 aliphatic heterocycles. The van der Waals surface area contributed by atoms with Crippen LogP contribution in [-0.4, -0.2) is 208 Å². The van der Waals surface area contributed by atoms with Gasteiger partial charge in [0.25, 0.3) is 5.91 Å². The van der Waals surface area contributed by atoms with Gasteiger partial charge in [0.05, 0.1) is 102 Å². The molecule has 4 amide bonds. The van der Waals surface area contributed by atoms with Gasteiger partial charge in [-0.3, -0.25) is 34.1 Å². The number of carbonyl (C=O) groups excluding carboxylic acids is 4. The molecule has 3 saturated heterocycles. The lowest BCUT2D eigenvalue weighted by Crippen LogP contribution is -2.61. The predicted molar refractivity (Wildman–Crippen MR) is 492 cm³/mol. The van der Waals surface area contributed by atoms with E-state index in [-0.39, 0.29) is 176 Å². The van der Waals surface area contributed by atoms with Crippen molar-refractivity contribution in [2.45, 2.75) is 124 Å². The number of aromatic hydroxyl groups is 3. The molecule has 18 rings (SSSR count). The van der Waals surface area contributed by atoms with Crippen LogP contribution in [0, 0.1) is 55.7 Å². The maximum absolute atomic E-state index is 15.4. The number of fused-ring (bicyclic) bond motifs is 6. The largest absolute Gasteiger partial charge is 0.507 e. The molecule has 12 aromatic rings. The second kappa shape index (κ2) is 35.6. The van der Waals surface area contributed by atoms with Crippen molar-refractivity contribution in [2.24, 2.45) is 0 Å². The van der Waals surface area contributed by atoms with Crippen molar-refractivity contribution in [2.75, 3.05) is 90.9 Å². The zero-order chi connectivity index (χ0) is 95.7. The number of rotatable bonds is 12. The van der Waals surface area contributed by atoms with E-state index in [1.54, 1.807) is 58.4 Å². The number of aromatic nitrogens is 12. The number of ether oxygens (including phenoxy) is 1. The highest BCUT2D eigenvalue weighted by Crippen LogP contribution is 2.53. The molecule has 9 aromatic heterocycles. The van der Waals surface area contributed by atoms with Crippen LogP contribution in [-0.2, 0) is 19.2 Å². The Hall–Kier alpha value is -14.1. The first kappa shape index (κ1) is 92.2. The Morgan fingerprint density at radius 2 is 0.865 bits per heavy atom. The molecule has 5 atom stereocenters. The number of phenols is 3. The fourth-order valence-corrected chi connectivity index (χ4v) is 19.3. The van der Waals surface area contributed by atoms with Crippen LogP contribution in [0.4, 0.5) is 55.2 Å². The van der Waals surface area contributed by atoms with Gasteiger partial charge in [-0.15, -0.1) is 0 Å². The van der Waals surface area contributed by atoms with Gasteiger partial charge in [-0.2, -0.15) is 15.0 Å². The van der Waals surface area contributed by atoms with Crippen LogP contribution in [0.3, 0.4) is 0 Å². The highest BCUT2D eigenvalue weighted by Gasteiger charge is 2.47. The number of amides is 4. The summed E-state index contributed by atoms with van der Waals surface area (Å²) in [5.74, 6) is -10.7. The lowest BCUT2D eigenvalue weighted by atomic mass is 10.0. The molecule has 0 saturated carbocycles. The van der Waals surface area contributed by atoms with Gasteiger partial charge in [0.2, 0.25) is 17.7 Å². The minimum atomic E-state index is -1.42. The smallest absolute Gasteiger partial charge is 0.355 e. The van der Waals surface area contributed by atoms with E-state index in [9.17, 15) is 62.1 Å². The molecule has 0 aliphatic carbocycles. The summed E-state index contributed by atoms with van der Waals surface area (Å²) >= 11 is 20.7. The molecule has 688 valence electrons. The number of halogens is 9. The van der Waals surface area contributed by atoms with E-state index in [4.69, 9.17) is 44.5 Å². The second-order valence-corrected chi connectivity index (χ2v) is 35.1. The number of phenolic OH excluding ortho intramolecular Hbond substituents is 3. The van der Waals surface area contributed by atoms with Crippen LogP contribution in [0.2, 0.25) is 15.1 Å². The number of likely N-dealkylation sites (N-methyl/N-ethyl adjacent to an activating group) is 1. The van der Waals surface area contributed by atoms with Crippen molar-refractivity contribution in [3.8, 4) is 73.8 Å². The number of carbonyl (C=O) groups is 4. The monoisotopic (exact) mass is 1880 g/mol. The van der Waals surface area contributed by atoms with E-state index in [0.717, 1.165) is 42.5 Å². The highest BCUT2D eigenvalue weighted by atomic mass is 35.5. The molecule has 3 aromatic carbocycles. The minimum Gasteiger partial charge on any atom is -0.507 e. The van der Waals surface area contributed by atoms with E-state index in [1.807, 2.05) is 79.0 Å². The van der Waals surface area contributed by atoms with Crippen LogP contribution in [0.5, 0.6) is 23.0 Å². The maximum atomic E-state index is 15.4. The summed E-state index contributed by atoms with van der Waals surface area (Å²) in [6.07, 6.45) is 8.55. The van der Waals surface area contributed by atoms with Gasteiger partial charge in [0.15, 0.2) is 57.6 Å². The summed E-state index contributed by atoms with van der Waals surface area (Å²) in [5.41, 5.74) is 0.484. The molecule has 40 heteroatoms. The Kier molecular flexibility index (Phi) is 24.7. The van der Waals surface area contributed by atoms with Gasteiger partial charge in [-0.25, -0.2) is 69.4 Å². The van der Waals surface area contributed by atoms with Gasteiger partial charge in [0, 0.05) is 83.5 Å². The maximum Gasteiger partial charge on any atom is 0.355 e. The number of hydrogen-bond acceptors (Lipinski definition) is 24. The average molecular weight is 1880 g/mol. The highest BCUT2D eigenvalue weighted by molar-refractivity contribution is 6.39. The Morgan fingerprint density at radius 3 is 1.30 bits per heavy atom. The van der Waals surface area contributed by atoms with Crippen LogP contribution in [0.15, 0.2) is 126 Å². The Bertz CT molecular complexity index is 6930. The number of nitrogens with zero attached hydrogens (tertiary/aromatic N) is 19. The Balaban J connectivity index is 0.000000145. The SMILES string of the molecule is C=CC(=O)N1CC(C)N2c3nc(=O)n(-c4c(C)ccnc4C(C)C)c4nc(-c5c(O)ccc(F)c5F)c(Cl)c(c34)NCC2C1.C=CC(=O)N1CC(C)N2c3nc(=O)n(-c4c(C)ccnc4C(C)C)c4nc(-c5c(O)ccc(F)c5F)c(Cl)c(c34)OCC2C1.C=CC(=O)N1CCN2c3nc(=O)n(-c4c(C)ccnc4C(C)C)c4nc(-c5c(O)ccc(F)c5F)c(Cl)c(c34)N(C)C(=O)C2C1. The number of pyridine rings is 6. The summed E-state index contributed by atoms with van der Waals surface area (Å²) < 4.78 is 99.7. The lowest BCUT2D eigenvalue weighted by molar-refractivity contribution is -0.129. The molecule has 0 bridgehead atoms. The number of benzene rings is 3. The molecule has 3 fully saturated rings. The van der Waals surface area contributed by atoms with Crippen molar-refractivity contribution in [1.82, 2.24) is 73.3 Å². The van der Waals surface area contributed by atoms with E-state index < -0.39 is 110 Å². The van der Waals surface area contributed by atoms with Gasteiger partial charge in [-0.05, 0) is 142 Å². The molecule has 31 nitrogen and oxygen atoms in total. The molecular formula is C93H87Cl3F6N20O11. The zero-order valence-corrected chi connectivity index (χ0v) is 76.0. The van der Waals surface area contributed by atoms with Crippen molar-refractivity contribution in [1.29, 1.82) is 0 Å². The number of piperazine rings is 3. The van der Waals surface area contributed by atoms with Crippen LogP contribution in [0.25, 0.3) is 83.9 Å². The molecule has 5 unspecified atom stereocenters. The van der Waals surface area contributed by atoms with Crippen molar-refractivity contribution in [3.63, 3.8) is 0 Å². The fraction of sp³-hybridized carbons (Fsp3) is 0.312. The summed E-state index contributed by atoms with van der Waals surface area (Å²) in [4.78, 5) is 147. The molecule has 133 heavy (non-hydrogen) atoms. The van der Waals surface area contributed by atoms with Gasteiger partial charge in [-0.1, -0.05) is 96.1 Å². The first-order valence-corrected chi connectivity index (χ1v) is 43.5. The number of anilines is 5. The predicted octanol–water partition coefficient (Wildman–Crippen LogP) is 13.9. The molecule has 6 aliphatic rings. The average Bonchev–Trinajstić information content (AvgIpc) is 1.68. The second-order valence-electron chi connectivity index (χ2n) is 33.9. The minimum absolute atomic E-state index is 0.00732. The number of nitrogens with one attached hydrogen (secondary N) is 1. The van der Waals surface area contributed by atoms with E-state index in [0.29, 0.717) is 81.7 Å². The van der Waals surface area contributed by atoms with Crippen LogP contribution >= 0.6 is 34.8 Å². The third-order valence-corrected chi connectivity index (χ3v) is 25.6. The third-order valence-electron chi connectivity index (χ3n) is 24.5. The van der Waals surface area contributed by atoms with Crippen LogP contribution in [0.1, 0.15) is 107 Å². The topological polar surface area (TPSA) is 355 Å². The fourth-order valence-electron chi connectivity index (χ4n) is 18.4. The van der Waals surface area contributed by atoms with E-state index in [2.05, 4.69) is 64.9 Å². The van der Waals surface area contributed by atoms with E-state index >= 15 is 13.2 Å². The van der Waals surface area contributed by atoms with Crippen molar-refractivity contribution in [3.05, 3.63) is 226 Å². The zero-order valence-electron chi connectivity index (χ0n) is 73.8. The van der Waals surface area contributed by atoms with Gasteiger partial charge < -0.3 is 59.7 Å². The van der Waals surface area contributed by atoms with Crippen LogP contribution < -0.4 is 46.7 Å². The summed E-state index contributed by atoms with van der Waals surface area (Å²) in [6.45, 7) is 33.3. The quantitative estimate of drug-likeness (QED) is 0.0652. The molecule has 0 radical (unpaired) electrons. The van der Waals surface area contributed by atoms with Gasteiger partial charge in [0.1, 0.15) is 74.8 Å². The normalized spacial score (nSPS) is 17.3. The van der Waals surface area contributed by atoms with Crippen molar-refractivity contribution < 1.29 is 65.6 Å². The first-order valence-electron chi connectivity index (χ1n) is 42.3. The molecule has 0 spiro atoms. The Labute approximate surface area is 770 Å². The number of hydrogen-bond donors (Lipinski definition) is 4. The molecule has 4 N–H and O–H groups in total. The van der Waals surface area contributed by atoms with E-state index in [1.165, 1.54) is 42.7 Å². The summed E-state index contributed by atoms with van der Waals surface area (Å²) in [5, 5.41) is 35.7. The van der Waals surface area contributed by atoms with Crippen molar-refractivity contribution >= 4 is 120 Å². The van der Waals surface area contributed by atoms with Gasteiger partial charge >= 0.3 is 17.1 Å². The summed E-state index contributed by atoms with van der Waals surface area (Å²) in [6, 6.07) is 8.18. The molecule has 15 heterocycles. The third kappa shape index (κ3) is 15.5. The standard InChI is InChI=1S/C31H28ClF2N7O4.C31H30ClF2N7O3.C31H29ClF2N6O4/c1-6-19(43)39-11-12-40-17(13-39)30(44)38(5)27-21-28(40)37-31(45)41(26-15(4)9-10-35-24(26)14(2)3)29(21)36-25(22(27)32)20-18(42)8-7-16(33)23(20)34;1-6-20(43)39-12-16(5)40-17(13-39)11-36-26-22-29(37-27(23(26)32)21-19(42)8-7-18(33)24(21)34)41(31(44)38-30(22)40)28-15(4)9-10-35-25(28)14(2)3;1-6-20(42)38-11-16(5)39-17(12-38)13-44-28-22-29(36-26(23(28)32)21-19(41)8-7-18(33)24(21)34)40(31(43)37-30(22)39)27-15(4)9-10-35-25(27)14(2)3/h6-10,14,17,42H,1,11-13H2,2-5H3;6-10,14,16-17,36,42H,1,11-13H2,2-5H3;6-10,14,16-17,41H,1,11-13H2,2-5H3. The lowest BCUT2D eigenvalue weighted by Gasteiger charge is -2.45.